The van der Waals surface area contributed by atoms with E-state index < -0.39 is 5.60 Å². The van der Waals surface area contributed by atoms with Gasteiger partial charge in [0.25, 0.3) is 0 Å². The molecule has 1 amide bonds. The molecular weight excluding hydrogens is 269 g/mol. The van der Waals surface area contributed by atoms with E-state index in [1.807, 2.05) is 32.9 Å². The van der Waals surface area contributed by atoms with Gasteiger partial charge in [0.2, 0.25) is 0 Å². The van der Waals surface area contributed by atoms with Crippen LogP contribution in [0.2, 0.25) is 0 Å². The Bertz CT molecular complexity index is 479. The third-order valence-electron chi connectivity index (χ3n) is 3.72. The summed E-state index contributed by atoms with van der Waals surface area (Å²) in [5, 5.41) is 0. The zero-order chi connectivity index (χ0) is 15.5. The van der Waals surface area contributed by atoms with Crippen LogP contribution >= 0.6 is 0 Å². The zero-order valence-corrected chi connectivity index (χ0v) is 13.1. The molecule has 2 rings (SSSR count). The molecule has 21 heavy (non-hydrogen) atoms. The standard InChI is InChI=1S/C17H24FNO2/c1-17(2,3)21-16(20)19-11-4-5-13(10-12-19)14-6-8-15(18)9-7-14/h6-9,13H,4-5,10-12H2,1-3H3. The molecule has 1 unspecified atom stereocenters. The van der Waals surface area contributed by atoms with Crippen LogP contribution in [0.1, 0.15) is 51.5 Å². The van der Waals surface area contributed by atoms with Crippen molar-refractivity contribution in [3.8, 4) is 0 Å². The van der Waals surface area contributed by atoms with Gasteiger partial charge in [-0.1, -0.05) is 12.1 Å². The molecular formula is C17H24FNO2. The normalized spacial score (nSPS) is 20.0. The number of likely N-dealkylation sites (tertiary alicyclic amines) is 1. The summed E-state index contributed by atoms with van der Waals surface area (Å²) in [5.41, 5.74) is 0.696. The van der Waals surface area contributed by atoms with E-state index >= 15 is 0 Å². The molecule has 0 aliphatic carbocycles. The summed E-state index contributed by atoms with van der Waals surface area (Å²) in [4.78, 5) is 13.9. The van der Waals surface area contributed by atoms with Gasteiger partial charge in [0, 0.05) is 13.1 Å². The quantitative estimate of drug-likeness (QED) is 0.771. The third kappa shape index (κ3) is 4.73. The van der Waals surface area contributed by atoms with Crippen molar-refractivity contribution in [2.24, 2.45) is 0 Å². The van der Waals surface area contributed by atoms with E-state index in [-0.39, 0.29) is 11.9 Å². The van der Waals surface area contributed by atoms with E-state index in [1.165, 1.54) is 12.1 Å². The Morgan fingerprint density at radius 3 is 2.48 bits per heavy atom. The summed E-state index contributed by atoms with van der Waals surface area (Å²) >= 11 is 0. The highest BCUT2D eigenvalue weighted by Crippen LogP contribution is 2.28. The molecule has 1 aliphatic rings. The number of nitrogens with zero attached hydrogens (tertiary/aromatic N) is 1. The Kier molecular flexibility index (Phi) is 4.86. The predicted octanol–water partition coefficient (Wildman–Crippen LogP) is 4.33. The van der Waals surface area contributed by atoms with Gasteiger partial charge in [0.1, 0.15) is 11.4 Å². The van der Waals surface area contributed by atoms with E-state index in [1.54, 1.807) is 4.90 Å². The average Bonchev–Trinajstić information content (AvgIpc) is 2.63. The summed E-state index contributed by atoms with van der Waals surface area (Å²) < 4.78 is 18.4. The third-order valence-corrected chi connectivity index (χ3v) is 3.72. The zero-order valence-electron chi connectivity index (χ0n) is 13.1. The van der Waals surface area contributed by atoms with Crippen molar-refractivity contribution in [1.82, 2.24) is 4.90 Å². The number of hydrogen-bond donors (Lipinski definition) is 0. The highest BCUT2D eigenvalue weighted by molar-refractivity contribution is 5.68. The minimum absolute atomic E-state index is 0.206. The van der Waals surface area contributed by atoms with Gasteiger partial charge in [0.15, 0.2) is 0 Å². The lowest BCUT2D eigenvalue weighted by Crippen LogP contribution is -2.37. The molecule has 1 saturated heterocycles. The van der Waals surface area contributed by atoms with Gasteiger partial charge in [0.05, 0.1) is 0 Å². The van der Waals surface area contributed by atoms with Crippen LogP contribution in [0, 0.1) is 5.82 Å². The molecule has 4 heteroatoms. The molecule has 3 nitrogen and oxygen atoms in total. The highest BCUT2D eigenvalue weighted by Gasteiger charge is 2.25. The second-order valence-corrected chi connectivity index (χ2v) is 6.65. The van der Waals surface area contributed by atoms with Gasteiger partial charge in [-0.2, -0.15) is 0 Å². The summed E-state index contributed by atoms with van der Waals surface area (Å²) in [7, 11) is 0. The number of benzene rings is 1. The van der Waals surface area contributed by atoms with Gasteiger partial charge < -0.3 is 9.64 Å². The molecule has 1 heterocycles. The Hall–Kier alpha value is -1.58. The largest absolute Gasteiger partial charge is 0.444 e. The van der Waals surface area contributed by atoms with Crippen molar-refractivity contribution in [2.45, 2.75) is 51.6 Å². The van der Waals surface area contributed by atoms with Gasteiger partial charge in [-0.15, -0.1) is 0 Å². The van der Waals surface area contributed by atoms with Crippen LogP contribution in [0.15, 0.2) is 24.3 Å². The van der Waals surface area contributed by atoms with Crippen LogP contribution in [0.4, 0.5) is 9.18 Å². The van der Waals surface area contributed by atoms with Crippen molar-refractivity contribution in [1.29, 1.82) is 0 Å². The lowest BCUT2D eigenvalue weighted by Gasteiger charge is -2.26. The Morgan fingerprint density at radius 2 is 1.86 bits per heavy atom. The Labute approximate surface area is 126 Å². The van der Waals surface area contributed by atoms with Crippen LogP contribution in [-0.4, -0.2) is 29.7 Å². The van der Waals surface area contributed by atoms with Crippen molar-refractivity contribution >= 4 is 6.09 Å². The molecule has 0 saturated carbocycles. The first-order valence-electron chi connectivity index (χ1n) is 7.58. The molecule has 1 aromatic rings. The summed E-state index contributed by atoms with van der Waals surface area (Å²) in [6, 6.07) is 6.71. The number of amides is 1. The number of ether oxygens (including phenoxy) is 1. The molecule has 0 spiro atoms. The fourth-order valence-electron chi connectivity index (χ4n) is 2.67. The van der Waals surface area contributed by atoms with Crippen molar-refractivity contribution in [2.75, 3.05) is 13.1 Å². The molecule has 1 atom stereocenters. The minimum Gasteiger partial charge on any atom is -0.444 e. The maximum Gasteiger partial charge on any atom is 0.410 e. The number of carbonyl (C=O) groups is 1. The van der Waals surface area contributed by atoms with Crippen LogP contribution in [-0.2, 0) is 4.74 Å². The molecule has 1 aliphatic heterocycles. The fraction of sp³-hybridized carbons (Fsp3) is 0.588. The molecule has 0 aromatic heterocycles. The SMILES string of the molecule is CC(C)(C)OC(=O)N1CCCC(c2ccc(F)cc2)CC1. The first-order valence-corrected chi connectivity index (χ1v) is 7.58. The van der Waals surface area contributed by atoms with E-state index in [0.717, 1.165) is 31.4 Å². The van der Waals surface area contributed by atoms with Crippen molar-refractivity contribution < 1.29 is 13.9 Å². The maximum atomic E-state index is 13.0. The first kappa shape index (κ1) is 15.8. The van der Waals surface area contributed by atoms with Crippen molar-refractivity contribution in [3.63, 3.8) is 0 Å². The average molecular weight is 293 g/mol. The highest BCUT2D eigenvalue weighted by atomic mass is 19.1. The second-order valence-electron chi connectivity index (χ2n) is 6.65. The van der Waals surface area contributed by atoms with Crippen LogP contribution in [0.3, 0.4) is 0 Å². The monoisotopic (exact) mass is 293 g/mol. The molecule has 1 aromatic carbocycles. The summed E-state index contributed by atoms with van der Waals surface area (Å²) in [6.45, 7) is 7.06. The predicted molar refractivity (Wildman–Crippen MR) is 80.8 cm³/mol. The molecule has 0 N–H and O–H groups in total. The summed E-state index contributed by atoms with van der Waals surface area (Å²) in [5.74, 6) is 0.181. The number of rotatable bonds is 1. The van der Waals surface area contributed by atoms with E-state index in [0.29, 0.717) is 12.5 Å². The fourth-order valence-corrected chi connectivity index (χ4v) is 2.67. The molecule has 1 fully saturated rings. The Balaban J connectivity index is 1.95. The van der Waals surface area contributed by atoms with Gasteiger partial charge in [-0.05, 0) is 63.6 Å². The van der Waals surface area contributed by atoms with Crippen molar-refractivity contribution in [3.05, 3.63) is 35.6 Å². The molecule has 0 bridgehead atoms. The molecule has 116 valence electrons. The van der Waals surface area contributed by atoms with Crippen LogP contribution in [0.25, 0.3) is 0 Å². The van der Waals surface area contributed by atoms with E-state index in [9.17, 15) is 9.18 Å². The van der Waals surface area contributed by atoms with Crippen LogP contribution < -0.4 is 0 Å². The maximum absolute atomic E-state index is 13.0. The molecule has 0 radical (unpaired) electrons. The lowest BCUT2D eigenvalue weighted by atomic mass is 9.92. The Morgan fingerprint density at radius 1 is 1.19 bits per heavy atom. The van der Waals surface area contributed by atoms with Gasteiger partial charge in [-0.3, -0.25) is 0 Å². The summed E-state index contributed by atoms with van der Waals surface area (Å²) in [6.07, 6.45) is 2.62. The first-order chi connectivity index (χ1) is 9.85. The number of hydrogen-bond acceptors (Lipinski definition) is 2. The smallest absolute Gasteiger partial charge is 0.410 e. The number of halogens is 1. The van der Waals surface area contributed by atoms with E-state index in [2.05, 4.69) is 0 Å². The van der Waals surface area contributed by atoms with Crippen LogP contribution in [0.5, 0.6) is 0 Å². The van der Waals surface area contributed by atoms with Gasteiger partial charge in [-0.25, -0.2) is 9.18 Å². The topological polar surface area (TPSA) is 29.5 Å². The van der Waals surface area contributed by atoms with Gasteiger partial charge >= 0.3 is 6.09 Å². The minimum atomic E-state index is -0.459. The number of carbonyl (C=O) groups excluding carboxylic acids is 1. The lowest BCUT2D eigenvalue weighted by molar-refractivity contribution is 0.0256. The van der Waals surface area contributed by atoms with E-state index in [4.69, 9.17) is 4.74 Å². The second kappa shape index (κ2) is 6.46.